The average molecular weight is 403 g/mol. The number of urea groups is 1. The van der Waals surface area contributed by atoms with Crippen LogP contribution >= 0.6 is 0 Å². The molecule has 0 unspecified atom stereocenters. The van der Waals surface area contributed by atoms with Crippen LogP contribution < -0.4 is 15.4 Å². The number of piperidine rings is 1. The third-order valence-corrected chi connectivity index (χ3v) is 7.49. The molecule has 26 heavy (non-hydrogen) atoms. The number of sulfonamides is 1. The summed E-state index contributed by atoms with van der Waals surface area (Å²) in [5.74, 6) is 0. The maximum atomic E-state index is 12.5. The van der Waals surface area contributed by atoms with Crippen molar-refractivity contribution in [1.82, 2.24) is 10.0 Å². The van der Waals surface area contributed by atoms with Gasteiger partial charge in [-0.3, -0.25) is 0 Å². The maximum absolute atomic E-state index is 12.5. The first kappa shape index (κ1) is 20.8. The Morgan fingerprint density at radius 1 is 1.00 bits per heavy atom. The molecule has 0 bridgehead atoms. The summed E-state index contributed by atoms with van der Waals surface area (Å²) in [4.78, 5) is 12.5. The second-order valence-electron chi connectivity index (χ2n) is 7.28. The first-order valence-corrected chi connectivity index (χ1v) is 10.8. The van der Waals surface area contributed by atoms with E-state index in [2.05, 4.69) is 21.4 Å². The van der Waals surface area contributed by atoms with E-state index in [9.17, 15) is 13.2 Å². The van der Waals surface area contributed by atoms with Crippen LogP contribution in [-0.2, 0) is 35.7 Å². The molecule has 0 atom stereocenters. The molecule has 137 valence electrons. The second kappa shape index (κ2) is 8.59. The van der Waals surface area contributed by atoms with Crippen LogP contribution in [0, 0.1) is 0 Å². The van der Waals surface area contributed by atoms with Gasteiger partial charge in [0.2, 0.25) is 10.0 Å². The van der Waals surface area contributed by atoms with Crippen LogP contribution in [0.1, 0.15) is 47.9 Å². The molecular weight excluding hydrogens is 377 g/mol. The molecule has 3 aliphatic rings. The van der Waals surface area contributed by atoms with Gasteiger partial charge < -0.3 is 10.6 Å². The van der Waals surface area contributed by atoms with Gasteiger partial charge in [-0.25, -0.2) is 17.9 Å². The third kappa shape index (κ3) is 4.21. The first-order valence-electron chi connectivity index (χ1n) is 9.24. The smallest absolute Gasteiger partial charge is 0.317 e. The Balaban J connectivity index is 0.00000196. The molecule has 4 rings (SSSR count). The summed E-state index contributed by atoms with van der Waals surface area (Å²) in [5.41, 5.74) is 5.92. The maximum Gasteiger partial charge on any atom is 0.332 e. The molecule has 3 N–H and O–H groups in total. The molecule has 6 nitrogen and oxygen atoms in total. The molecule has 1 aromatic rings. The second-order valence-corrected chi connectivity index (χ2v) is 9.25. The van der Waals surface area contributed by atoms with Crippen LogP contribution in [0.25, 0.3) is 0 Å². The standard InChI is InChI=1S/C18H25N3O3S.K/c22-18(21-25(23,24)14-7-9-19-10-8-14)20-17-15-5-1-3-12(15)11-13-4-2-6-16(13)17;/h11,14,19H,1-10H2,(H2,20,21,22);. The molecule has 1 radical (unpaired) electrons. The number of hydrogen-bond acceptors (Lipinski definition) is 4. The quantitative estimate of drug-likeness (QED) is 0.669. The van der Waals surface area contributed by atoms with Crippen LogP contribution in [0.4, 0.5) is 10.5 Å². The minimum atomic E-state index is -3.63. The van der Waals surface area contributed by atoms with E-state index in [4.69, 9.17) is 0 Å². The van der Waals surface area contributed by atoms with E-state index in [0.29, 0.717) is 25.9 Å². The van der Waals surface area contributed by atoms with Crippen LogP contribution in [0.3, 0.4) is 0 Å². The van der Waals surface area contributed by atoms with Crippen molar-refractivity contribution in [2.75, 3.05) is 18.4 Å². The van der Waals surface area contributed by atoms with Crippen molar-refractivity contribution in [3.63, 3.8) is 0 Å². The Labute approximate surface area is 197 Å². The third-order valence-electron chi connectivity index (χ3n) is 5.67. The number of rotatable bonds is 3. The van der Waals surface area contributed by atoms with Gasteiger partial charge in [-0.1, -0.05) is 6.07 Å². The molecule has 1 saturated heterocycles. The zero-order valence-electron chi connectivity index (χ0n) is 15.4. The van der Waals surface area contributed by atoms with E-state index in [-0.39, 0.29) is 51.4 Å². The number of fused-ring (bicyclic) bond motifs is 2. The summed E-state index contributed by atoms with van der Waals surface area (Å²) in [6.45, 7) is 1.35. The van der Waals surface area contributed by atoms with Gasteiger partial charge in [-0.2, -0.15) is 0 Å². The summed E-state index contributed by atoms with van der Waals surface area (Å²) in [5, 5.41) is 5.54. The van der Waals surface area contributed by atoms with Crippen molar-refractivity contribution < 1.29 is 13.2 Å². The Kier molecular flexibility index (Phi) is 6.86. The molecule has 1 aromatic carbocycles. The van der Waals surface area contributed by atoms with Crippen LogP contribution in [-0.4, -0.2) is 84.2 Å². The number of benzene rings is 1. The van der Waals surface area contributed by atoms with Gasteiger partial charge >= 0.3 is 6.03 Å². The van der Waals surface area contributed by atoms with Gasteiger partial charge in [0.05, 0.1) is 5.25 Å². The molecule has 2 amide bonds. The average Bonchev–Trinajstić information content (AvgIpc) is 3.24. The van der Waals surface area contributed by atoms with E-state index in [1.165, 1.54) is 22.3 Å². The zero-order chi connectivity index (χ0) is 17.4. The van der Waals surface area contributed by atoms with Crippen molar-refractivity contribution in [2.45, 2.75) is 56.6 Å². The van der Waals surface area contributed by atoms with Gasteiger partial charge in [0.15, 0.2) is 0 Å². The van der Waals surface area contributed by atoms with E-state index >= 15 is 0 Å². The Morgan fingerprint density at radius 2 is 1.58 bits per heavy atom. The van der Waals surface area contributed by atoms with Crippen molar-refractivity contribution in [3.8, 4) is 0 Å². The summed E-state index contributed by atoms with van der Waals surface area (Å²) in [6, 6.07) is 1.67. The summed E-state index contributed by atoms with van der Waals surface area (Å²) >= 11 is 0. The molecular formula is C18H25KN3O3S. The number of hydrogen-bond donors (Lipinski definition) is 3. The predicted octanol–water partition coefficient (Wildman–Crippen LogP) is 1.49. The normalized spacial score (nSPS) is 19.4. The number of carbonyl (C=O) groups is 1. The van der Waals surface area contributed by atoms with E-state index < -0.39 is 21.3 Å². The van der Waals surface area contributed by atoms with Crippen LogP contribution in [0.2, 0.25) is 0 Å². The van der Waals surface area contributed by atoms with Crippen molar-refractivity contribution in [1.29, 1.82) is 0 Å². The summed E-state index contributed by atoms with van der Waals surface area (Å²) < 4.78 is 27.2. The molecule has 1 heterocycles. The monoisotopic (exact) mass is 402 g/mol. The SMILES string of the molecule is O=C(Nc1c2c(cc3c1CCC3)CCC2)NS(=O)(=O)C1CCNCC1.[K]. The fourth-order valence-electron chi connectivity index (χ4n) is 4.42. The molecule has 0 saturated carbocycles. The predicted molar refractivity (Wildman–Crippen MR) is 103 cm³/mol. The van der Waals surface area contributed by atoms with Gasteiger partial charge in [-0.05, 0) is 86.7 Å². The number of aryl methyl sites for hydroxylation is 2. The van der Waals surface area contributed by atoms with Crippen LogP contribution in [0.15, 0.2) is 6.07 Å². The van der Waals surface area contributed by atoms with E-state index in [0.717, 1.165) is 44.2 Å². The van der Waals surface area contributed by atoms with Gasteiger partial charge in [0, 0.05) is 57.1 Å². The topological polar surface area (TPSA) is 87.3 Å². The Hall–Kier alpha value is 0.0364. The molecule has 1 aliphatic heterocycles. The summed E-state index contributed by atoms with van der Waals surface area (Å²) in [6.07, 6.45) is 7.29. The summed E-state index contributed by atoms with van der Waals surface area (Å²) in [7, 11) is -3.63. The van der Waals surface area contributed by atoms with E-state index in [1.54, 1.807) is 0 Å². The van der Waals surface area contributed by atoms with Crippen molar-refractivity contribution in [3.05, 3.63) is 28.3 Å². The van der Waals surface area contributed by atoms with Gasteiger partial charge in [-0.15, -0.1) is 0 Å². The van der Waals surface area contributed by atoms with Crippen molar-refractivity contribution >= 4 is 73.1 Å². The molecule has 0 spiro atoms. The molecule has 2 aliphatic carbocycles. The minimum absolute atomic E-state index is 0. The Morgan fingerprint density at radius 3 is 2.15 bits per heavy atom. The fraction of sp³-hybridized carbons (Fsp3) is 0.611. The molecule has 0 aromatic heterocycles. The van der Waals surface area contributed by atoms with E-state index in [1.807, 2.05) is 0 Å². The van der Waals surface area contributed by atoms with Gasteiger partial charge in [0.25, 0.3) is 0 Å². The minimum Gasteiger partial charge on any atom is -0.317 e. The first-order chi connectivity index (χ1) is 12.0. The van der Waals surface area contributed by atoms with Crippen molar-refractivity contribution in [2.24, 2.45) is 0 Å². The van der Waals surface area contributed by atoms with Gasteiger partial charge in [0.1, 0.15) is 0 Å². The fourth-order valence-corrected chi connectivity index (χ4v) is 5.76. The number of nitrogens with one attached hydrogen (secondary N) is 3. The molecule has 8 heteroatoms. The van der Waals surface area contributed by atoms with Crippen LogP contribution in [0.5, 0.6) is 0 Å². The number of carbonyl (C=O) groups excluding carboxylic acids is 1. The Bertz CT molecular complexity index is 772. The number of amides is 2. The molecule has 1 fully saturated rings. The largest absolute Gasteiger partial charge is 0.332 e. The number of anilines is 1. The zero-order valence-corrected chi connectivity index (χ0v) is 19.3.